The van der Waals surface area contributed by atoms with Gasteiger partial charge in [-0.3, -0.25) is 14.9 Å². The van der Waals surface area contributed by atoms with Crippen LogP contribution in [-0.4, -0.2) is 46.6 Å². The summed E-state index contributed by atoms with van der Waals surface area (Å²) in [5, 5.41) is 14.5. The van der Waals surface area contributed by atoms with Crippen LogP contribution >= 0.6 is 0 Å². The second kappa shape index (κ2) is 7.66. The van der Waals surface area contributed by atoms with Crippen LogP contribution < -0.4 is 15.4 Å². The van der Waals surface area contributed by atoms with Gasteiger partial charge in [-0.05, 0) is 30.3 Å². The van der Waals surface area contributed by atoms with Gasteiger partial charge in [0.05, 0.1) is 24.8 Å². The fourth-order valence-electron chi connectivity index (χ4n) is 2.42. The zero-order valence-corrected chi connectivity index (χ0v) is 14.0. The molecule has 1 atom stereocenters. The first-order valence-electron chi connectivity index (χ1n) is 7.92. The number of aliphatic hydroxyl groups is 1. The van der Waals surface area contributed by atoms with E-state index >= 15 is 0 Å². The van der Waals surface area contributed by atoms with E-state index in [4.69, 9.17) is 4.74 Å². The Kier molecular flexibility index (Phi) is 5.14. The number of fused-ring (bicyclic) bond motifs is 1. The minimum absolute atomic E-state index is 0.241. The third-order valence-electron chi connectivity index (χ3n) is 3.77. The van der Waals surface area contributed by atoms with E-state index in [1.165, 1.54) is 7.11 Å². The first-order valence-corrected chi connectivity index (χ1v) is 7.92. The van der Waals surface area contributed by atoms with Gasteiger partial charge >= 0.3 is 0 Å². The van der Waals surface area contributed by atoms with Crippen molar-refractivity contribution >= 4 is 28.8 Å². The maximum absolute atomic E-state index is 12.3. The second-order valence-corrected chi connectivity index (χ2v) is 5.53. The van der Waals surface area contributed by atoms with Crippen LogP contribution in [0.15, 0.2) is 48.5 Å². The molecule has 0 saturated carbocycles. The molecule has 1 aromatic heterocycles. The Morgan fingerprint density at radius 2 is 2.04 bits per heavy atom. The van der Waals surface area contributed by atoms with Gasteiger partial charge in [0.2, 0.25) is 5.95 Å². The van der Waals surface area contributed by atoms with Crippen molar-refractivity contribution in [2.75, 3.05) is 19.0 Å². The number of rotatable bonds is 6. The number of hydrogen-bond acceptors (Lipinski definition) is 5. The number of carbonyl (C=O) groups is 2. The van der Waals surface area contributed by atoms with Crippen LogP contribution in [0.4, 0.5) is 5.95 Å². The Bertz CT molecular complexity index is 905. The summed E-state index contributed by atoms with van der Waals surface area (Å²) in [6.45, 7) is -0.554. The molecule has 0 bridgehead atoms. The van der Waals surface area contributed by atoms with E-state index in [1.807, 2.05) is 18.2 Å². The summed E-state index contributed by atoms with van der Waals surface area (Å²) in [6.07, 6.45) is 0. The molecule has 0 spiro atoms. The molecule has 0 aliphatic rings. The molecule has 0 aliphatic heterocycles. The molecule has 0 aliphatic carbocycles. The van der Waals surface area contributed by atoms with Crippen molar-refractivity contribution in [3.8, 4) is 5.75 Å². The van der Waals surface area contributed by atoms with Crippen molar-refractivity contribution in [3.05, 3.63) is 54.1 Å². The zero-order chi connectivity index (χ0) is 18.5. The number of aliphatic hydroxyl groups excluding tert-OH is 1. The lowest BCUT2D eigenvalue weighted by Crippen LogP contribution is -2.46. The number of hydrogen-bond donors (Lipinski definition) is 4. The van der Waals surface area contributed by atoms with Gasteiger partial charge < -0.3 is 20.1 Å². The van der Waals surface area contributed by atoms with Crippen LogP contribution in [0.3, 0.4) is 0 Å². The maximum atomic E-state index is 12.3. The lowest BCUT2D eigenvalue weighted by molar-refractivity contribution is -0.118. The SMILES string of the molecule is COc1cccc(C(=O)N[C@@H](CO)C(=O)Nc2nc3ccccc3[nH]2)c1. The lowest BCUT2D eigenvalue weighted by Gasteiger charge is -2.15. The van der Waals surface area contributed by atoms with Crippen molar-refractivity contribution in [1.29, 1.82) is 0 Å². The second-order valence-electron chi connectivity index (χ2n) is 5.53. The van der Waals surface area contributed by atoms with Crippen molar-refractivity contribution in [1.82, 2.24) is 15.3 Å². The molecule has 1 heterocycles. The van der Waals surface area contributed by atoms with Gasteiger partial charge in [-0.2, -0.15) is 0 Å². The molecule has 0 fully saturated rings. The van der Waals surface area contributed by atoms with Crippen LogP contribution in [0.2, 0.25) is 0 Å². The highest BCUT2D eigenvalue weighted by molar-refractivity contribution is 6.01. The molecule has 4 N–H and O–H groups in total. The van der Waals surface area contributed by atoms with Crippen molar-refractivity contribution in [3.63, 3.8) is 0 Å². The molecule has 3 rings (SSSR count). The summed E-state index contributed by atoms with van der Waals surface area (Å²) in [4.78, 5) is 31.8. The predicted molar refractivity (Wildman–Crippen MR) is 96.1 cm³/mol. The molecule has 0 radical (unpaired) electrons. The number of H-pyrrole nitrogens is 1. The van der Waals surface area contributed by atoms with E-state index in [0.29, 0.717) is 16.8 Å². The van der Waals surface area contributed by atoms with Gasteiger partial charge in [-0.15, -0.1) is 0 Å². The number of imidazole rings is 1. The van der Waals surface area contributed by atoms with Gasteiger partial charge in [0.15, 0.2) is 0 Å². The Hall–Kier alpha value is -3.39. The fraction of sp³-hybridized carbons (Fsp3) is 0.167. The minimum Gasteiger partial charge on any atom is -0.497 e. The average Bonchev–Trinajstić information content (AvgIpc) is 3.08. The van der Waals surface area contributed by atoms with Crippen LogP contribution in [-0.2, 0) is 4.79 Å². The number of carbonyl (C=O) groups excluding carboxylic acids is 2. The van der Waals surface area contributed by atoms with Gasteiger partial charge in [0.25, 0.3) is 11.8 Å². The number of anilines is 1. The topological polar surface area (TPSA) is 116 Å². The summed E-state index contributed by atoms with van der Waals surface area (Å²) in [5.74, 6) is -0.319. The van der Waals surface area contributed by atoms with E-state index in [0.717, 1.165) is 5.52 Å². The third kappa shape index (κ3) is 3.81. The Balaban J connectivity index is 1.69. The number of nitrogens with zero attached hydrogens (tertiary/aromatic N) is 1. The average molecular weight is 354 g/mol. The van der Waals surface area contributed by atoms with Crippen molar-refractivity contribution < 1.29 is 19.4 Å². The van der Waals surface area contributed by atoms with Crippen LogP contribution in [0, 0.1) is 0 Å². The Morgan fingerprint density at radius 1 is 1.23 bits per heavy atom. The molecule has 8 heteroatoms. The monoisotopic (exact) mass is 354 g/mol. The first kappa shape index (κ1) is 17.4. The number of ether oxygens (including phenoxy) is 1. The quantitative estimate of drug-likeness (QED) is 0.532. The predicted octanol–water partition coefficient (Wildman–Crippen LogP) is 1.30. The molecule has 8 nitrogen and oxygen atoms in total. The lowest BCUT2D eigenvalue weighted by atomic mass is 10.2. The number of para-hydroxylation sites is 2. The standard InChI is InChI=1S/C18H18N4O4/c1-26-12-6-4-5-11(9-12)16(24)19-15(10-23)17(25)22-18-20-13-7-2-3-8-14(13)21-18/h2-9,15,23H,10H2,1H3,(H,19,24)(H2,20,21,22,25)/t15-/m0/s1. The smallest absolute Gasteiger partial charge is 0.252 e. The van der Waals surface area contributed by atoms with Gasteiger partial charge in [0.1, 0.15) is 11.8 Å². The van der Waals surface area contributed by atoms with E-state index in [9.17, 15) is 14.7 Å². The highest BCUT2D eigenvalue weighted by Gasteiger charge is 2.22. The summed E-state index contributed by atoms with van der Waals surface area (Å²) < 4.78 is 5.07. The highest BCUT2D eigenvalue weighted by atomic mass is 16.5. The largest absolute Gasteiger partial charge is 0.497 e. The van der Waals surface area contributed by atoms with Crippen molar-refractivity contribution in [2.24, 2.45) is 0 Å². The third-order valence-corrected chi connectivity index (χ3v) is 3.77. The molecule has 3 aromatic rings. The zero-order valence-electron chi connectivity index (χ0n) is 14.0. The first-order chi connectivity index (χ1) is 12.6. The van der Waals surface area contributed by atoms with Gasteiger partial charge in [-0.25, -0.2) is 4.98 Å². The Morgan fingerprint density at radius 3 is 2.77 bits per heavy atom. The molecule has 2 aromatic carbocycles. The highest BCUT2D eigenvalue weighted by Crippen LogP contribution is 2.14. The number of amides is 2. The van der Waals surface area contributed by atoms with Crippen LogP contribution in [0.5, 0.6) is 5.75 Å². The van der Waals surface area contributed by atoms with E-state index in [-0.39, 0.29) is 5.95 Å². The van der Waals surface area contributed by atoms with E-state index < -0.39 is 24.5 Å². The number of methoxy groups -OCH3 is 1. The van der Waals surface area contributed by atoms with Gasteiger partial charge in [0, 0.05) is 5.56 Å². The normalized spacial score (nSPS) is 11.8. The minimum atomic E-state index is -1.12. The molecular weight excluding hydrogens is 336 g/mol. The molecule has 2 amide bonds. The number of benzene rings is 2. The molecule has 26 heavy (non-hydrogen) atoms. The van der Waals surface area contributed by atoms with E-state index in [1.54, 1.807) is 30.3 Å². The summed E-state index contributed by atoms with van der Waals surface area (Å²) in [5.41, 5.74) is 1.78. The summed E-state index contributed by atoms with van der Waals surface area (Å²) in [6, 6.07) is 12.7. The molecule has 134 valence electrons. The van der Waals surface area contributed by atoms with E-state index in [2.05, 4.69) is 20.6 Å². The molecule has 0 saturated heterocycles. The fourth-order valence-corrected chi connectivity index (χ4v) is 2.42. The molecule has 0 unspecified atom stereocenters. The van der Waals surface area contributed by atoms with Crippen LogP contribution in [0.1, 0.15) is 10.4 Å². The van der Waals surface area contributed by atoms with Crippen LogP contribution in [0.25, 0.3) is 11.0 Å². The van der Waals surface area contributed by atoms with Crippen molar-refractivity contribution in [2.45, 2.75) is 6.04 Å². The number of nitrogens with one attached hydrogen (secondary N) is 3. The van der Waals surface area contributed by atoms with Gasteiger partial charge in [-0.1, -0.05) is 18.2 Å². The molecular formula is C18H18N4O4. The maximum Gasteiger partial charge on any atom is 0.252 e. The summed E-state index contributed by atoms with van der Waals surface area (Å²) in [7, 11) is 1.49. The number of aromatic nitrogens is 2. The summed E-state index contributed by atoms with van der Waals surface area (Å²) >= 11 is 0. The Labute approximate surface area is 149 Å². The number of aromatic amines is 1.